The topological polar surface area (TPSA) is 63.9 Å². The Morgan fingerprint density at radius 2 is 1.88 bits per heavy atom. The summed E-state index contributed by atoms with van der Waals surface area (Å²) in [5.74, 6) is 0.130. The highest BCUT2D eigenvalue weighted by Gasteiger charge is 2.53. The van der Waals surface area contributed by atoms with Crippen LogP contribution < -0.4 is 4.90 Å². The zero-order chi connectivity index (χ0) is 22.9. The van der Waals surface area contributed by atoms with Crippen molar-refractivity contribution in [3.8, 4) is 5.69 Å². The first-order valence-electron chi connectivity index (χ1n) is 11.2. The van der Waals surface area contributed by atoms with E-state index in [9.17, 15) is 18.0 Å². The summed E-state index contributed by atoms with van der Waals surface area (Å²) in [5, 5.41) is 8.51. The molecule has 2 aromatic heterocycles. The summed E-state index contributed by atoms with van der Waals surface area (Å²) >= 11 is 0. The van der Waals surface area contributed by atoms with Crippen molar-refractivity contribution in [2.45, 2.75) is 51.2 Å². The van der Waals surface area contributed by atoms with E-state index in [2.05, 4.69) is 27.3 Å². The SMILES string of the molecule is Cc1cc(C(F)(F)F)cc(N2C(=O)C3CCCC3C2c2nncn2-c2ccc3c(c2)CC3)n1. The molecule has 3 heterocycles. The van der Waals surface area contributed by atoms with Crippen molar-refractivity contribution in [2.75, 3.05) is 4.90 Å². The van der Waals surface area contributed by atoms with E-state index >= 15 is 0 Å². The third kappa shape index (κ3) is 3.16. The van der Waals surface area contributed by atoms with Crippen molar-refractivity contribution in [3.05, 3.63) is 64.9 Å². The van der Waals surface area contributed by atoms with Crippen LogP contribution in [0.1, 0.15) is 53.5 Å². The molecule has 170 valence electrons. The first-order valence-corrected chi connectivity index (χ1v) is 11.2. The molecule has 0 bridgehead atoms. The van der Waals surface area contributed by atoms with Crippen LogP contribution in [0.25, 0.3) is 5.69 Å². The molecule has 2 aliphatic carbocycles. The van der Waals surface area contributed by atoms with Gasteiger partial charge in [0.25, 0.3) is 0 Å². The molecule has 0 spiro atoms. The Balaban J connectivity index is 1.48. The summed E-state index contributed by atoms with van der Waals surface area (Å²) in [6, 6.07) is 7.66. The second-order valence-electron chi connectivity index (χ2n) is 9.22. The second kappa shape index (κ2) is 7.13. The molecular weight excluding hydrogens is 431 g/mol. The van der Waals surface area contributed by atoms with Crippen LogP contribution in [0.15, 0.2) is 36.7 Å². The molecule has 3 atom stereocenters. The van der Waals surface area contributed by atoms with E-state index in [1.807, 2.05) is 10.6 Å². The predicted molar refractivity (Wildman–Crippen MR) is 114 cm³/mol. The molecule has 33 heavy (non-hydrogen) atoms. The average molecular weight is 453 g/mol. The molecule has 1 aliphatic heterocycles. The molecule has 1 aromatic carbocycles. The number of hydrogen-bond acceptors (Lipinski definition) is 4. The van der Waals surface area contributed by atoms with Gasteiger partial charge >= 0.3 is 6.18 Å². The fourth-order valence-electron chi connectivity index (χ4n) is 5.66. The van der Waals surface area contributed by atoms with Crippen molar-refractivity contribution < 1.29 is 18.0 Å². The standard InChI is InChI=1S/C24H22F3N5O/c1-13-9-16(24(25,26)27)11-20(29-13)32-21(18-3-2-4-19(18)23(32)33)22-30-28-12-31(22)17-8-7-14-5-6-15(14)10-17/h7-12,18-19,21H,2-6H2,1H3. The molecule has 1 saturated heterocycles. The Kier molecular flexibility index (Phi) is 4.41. The van der Waals surface area contributed by atoms with E-state index in [4.69, 9.17) is 0 Å². The third-order valence-corrected chi connectivity index (χ3v) is 7.29. The number of alkyl halides is 3. The van der Waals surface area contributed by atoms with Gasteiger partial charge in [0.05, 0.1) is 5.56 Å². The zero-order valence-corrected chi connectivity index (χ0v) is 18.0. The predicted octanol–water partition coefficient (Wildman–Crippen LogP) is 4.59. The van der Waals surface area contributed by atoms with Gasteiger partial charge in [0.1, 0.15) is 18.2 Å². The fourth-order valence-corrected chi connectivity index (χ4v) is 5.66. The Bertz CT molecular complexity index is 1270. The van der Waals surface area contributed by atoms with Crippen molar-refractivity contribution in [2.24, 2.45) is 11.8 Å². The summed E-state index contributed by atoms with van der Waals surface area (Å²) in [7, 11) is 0. The van der Waals surface area contributed by atoms with Crippen LogP contribution in [0.3, 0.4) is 0 Å². The summed E-state index contributed by atoms with van der Waals surface area (Å²) in [6.45, 7) is 1.51. The number of aromatic nitrogens is 4. The van der Waals surface area contributed by atoms with Crippen LogP contribution in [0.4, 0.5) is 19.0 Å². The van der Waals surface area contributed by atoms with E-state index in [-0.39, 0.29) is 29.3 Å². The first-order chi connectivity index (χ1) is 15.8. The number of anilines is 1. The van der Waals surface area contributed by atoms with Crippen molar-refractivity contribution in [1.82, 2.24) is 19.7 Å². The summed E-state index contributed by atoms with van der Waals surface area (Å²) < 4.78 is 42.5. The highest BCUT2D eigenvalue weighted by molar-refractivity contribution is 5.98. The number of pyridine rings is 1. The molecule has 0 radical (unpaired) electrons. The van der Waals surface area contributed by atoms with Crippen molar-refractivity contribution >= 4 is 11.7 Å². The number of aryl methyl sites for hydroxylation is 3. The third-order valence-electron chi connectivity index (χ3n) is 7.29. The van der Waals surface area contributed by atoms with Gasteiger partial charge in [-0.1, -0.05) is 12.5 Å². The lowest BCUT2D eigenvalue weighted by molar-refractivity contribution is -0.137. The lowest BCUT2D eigenvalue weighted by Gasteiger charge is -2.28. The number of halogens is 3. The minimum absolute atomic E-state index is 0.0263. The fraction of sp³-hybridized carbons (Fsp3) is 0.417. The maximum atomic E-state index is 13.5. The quantitative estimate of drug-likeness (QED) is 0.582. The van der Waals surface area contributed by atoms with Gasteiger partial charge < -0.3 is 0 Å². The van der Waals surface area contributed by atoms with Crippen molar-refractivity contribution in [3.63, 3.8) is 0 Å². The second-order valence-corrected chi connectivity index (χ2v) is 9.22. The van der Waals surface area contributed by atoms with E-state index in [1.165, 1.54) is 23.0 Å². The van der Waals surface area contributed by atoms with Crippen LogP contribution in [0, 0.1) is 18.8 Å². The Morgan fingerprint density at radius 1 is 1.06 bits per heavy atom. The van der Waals surface area contributed by atoms with Gasteiger partial charge in [0, 0.05) is 17.3 Å². The highest BCUT2D eigenvalue weighted by Crippen LogP contribution is 2.51. The van der Waals surface area contributed by atoms with Gasteiger partial charge in [0.2, 0.25) is 5.91 Å². The molecule has 1 amide bonds. The molecule has 1 saturated carbocycles. The Morgan fingerprint density at radius 3 is 2.61 bits per heavy atom. The molecule has 6 rings (SSSR count). The van der Waals surface area contributed by atoms with Crippen LogP contribution in [0.2, 0.25) is 0 Å². The minimum atomic E-state index is -4.53. The normalized spacial score (nSPS) is 24.1. The largest absolute Gasteiger partial charge is 0.416 e. The highest BCUT2D eigenvalue weighted by atomic mass is 19.4. The lowest BCUT2D eigenvalue weighted by atomic mass is 9.88. The molecule has 6 nitrogen and oxygen atoms in total. The van der Waals surface area contributed by atoms with Crippen molar-refractivity contribution in [1.29, 1.82) is 0 Å². The number of fused-ring (bicyclic) bond motifs is 2. The van der Waals surface area contributed by atoms with E-state index in [0.717, 1.165) is 49.9 Å². The lowest BCUT2D eigenvalue weighted by Crippen LogP contribution is -2.33. The molecule has 0 N–H and O–H groups in total. The van der Waals surface area contributed by atoms with Gasteiger partial charge in [-0.05, 0) is 73.9 Å². The maximum Gasteiger partial charge on any atom is 0.416 e. The van der Waals surface area contributed by atoms with Crippen LogP contribution in [0.5, 0.6) is 0 Å². The molecule has 3 unspecified atom stereocenters. The molecule has 2 fully saturated rings. The van der Waals surface area contributed by atoms with Gasteiger partial charge in [-0.25, -0.2) is 4.98 Å². The average Bonchev–Trinajstić information content (AvgIpc) is 3.45. The van der Waals surface area contributed by atoms with Gasteiger partial charge in [0.15, 0.2) is 5.82 Å². The molecule has 3 aliphatic rings. The van der Waals surface area contributed by atoms with Crippen LogP contribution in [-0.4, -0.2) is 25.7 Å². The summed E-state index contributed by atoms with van der Waals surface area (Å²) in [4.78, 5) is 19.3. The Hall–Kier alpha value is -3.23. The summed E-state index contributed by atoms with van der Waals surface area (Å²) in [6.07, 6.45) is 1.63. The number of hydrogen-bond donors (Lipinski definition) is 0. The maximum absolute atomic E-state index is 13.5. The molecule has 3 aromatic rings. The number of rotatable bonds is 3. The van der Waals surface area contributed by atoms with E-state index in [0.29, 0.717) is 5.82 Å². The van der Waals surface area contributed by atoms with E-state index < -0.39 is 17.8 Å². The van der Waals surface area contributed by atoms with Gasteiger partial charge in [-0.2, -0.15) is 13.2 Å². The zero-order valence-electron chi connectivity index (χ0n) is 18.0. The number of carbonyl (C=O) groups is 1. The number of benzene rings is 1. The molecular formula is C24H22F3N5O. The first kappa shape index (κ1) is 20.4. The summed E-state index contributed by atoms with van der Waals surface area (Å²) in [5.41, 5.74) is 2.91. The molecule has 9 heteroatoms. The van der Waals surface area contributed by atoms with Gasteiger partial charge in [-0.3, -0.25) is 14.3 Å². The number of nitrogens with zero attached hydrogens (tertiary/aromatic N) is 5. The van der Waals surface area contributed by atoms with Crippen LogP contribution in [-0.2, 0) is 23.8 Å². The Labute approximate surface area is 188 Å². The smallest absolute Gasteiger partial charge is 0.285 e. The van der Waals surface area contributed by atoms with E-state index in [1.54, 1.807) is 6.33 Å². The van der Waals surface area contributed by atoms with Gasteiger partial charge in [-0.15, -0.1) is 10.2 Å². The number of amides is 1. The minimum Gasteiger partial charge on any atom is -0.285 e. The monoisotopic (exact) mass is 453 g/mol. The van der Waals surface area contributed by atoms with Crippen LogP contribution >= 0.6 is 0 Å². The number of carbonyl (C=O) groups excluding carboxylic acids is 1.